The van der Waals surface area contributed by atoms with Crippen molar-refractivity contribution in [3.8, 4) is 0 Å². The molecule has 0 fully saturated rings. The Bertz CT molecular complexity index is 3010. The van der Waals surface area contributed by atoms with E-state index in [-0.39, 0.29) is 17.5 Å². The fraction of sp³-hybridized carbons (Fsp3) is 0.127. The zero-order valence-corrected chi connectivity index (χ0v) is 36.5. The van der Waals surface area contributed by atoms with E-state index in [0.717, 1.165) is 0 Å². The first kappa shape index (κ1) is 35.9. The molecule has 4 aliphatic heterocycles. The standard InChI is InChI=1S/C55H45BN2SSi/c1-54(2,3)36-34-45-50-46(35-36)58-44-28-16-18-30-48(44)60(38-22-11-7-12-23-38,39-24-13-8-14-25-39)49-31-19-27-42(51(49)58)56(50)43-33-32-41-53(52(43)57(45)37-20-9-6-10-21-37)59-47-29-17-15-26-40(47)55(41,4)5/h6-35H,1-5H3. The van der Waals surface area contributed by atoms with Gasteiger partial charge < -0.3 is 9.80 Å². The molecule has 0 N–H and O–H groups in total. The number of hydrogen-bond acceptors (Lipinski definition) is 3. The predicted molar refractivity (Wildman–Crippen MR) is 259 cm³/mol. The average molecular weight is 805 g/mol. The van der Waals surface area contributed by atoms with Gasteiger partial charge in [0.05, 0.1) is 5.69 Å². The van der Waals surface area contributed by atoms with Crippen molar-refractivity contribution in [1.29, 1.82) is 0 Å². The molecule has 0 radical (unpaired) electrons. The highest BCUT2D eigenvalue weighted by molar-refractivity contribution is 7.99. The van der Waals surface area contributed by atoms with Gasteiger partial charge in [-0.2, -0.15) is 0 Å². The number of anilines is 6. The van der Waals surface area contributed by atoms with Crippen molar-refractivity contribution in [3.63, 3.8) is 0 Å². The van der Waals surface area contributed by atoms with Gasteiger partial charge in [-0.25, -0.2) is 0 Å². The van der Waals surface area contributed by atoms with Crippen LogP contribution in [0.2, 0.25) is 0 Å². The molecule has 4 heterocycles. The van der Waals surface area contributed by atoms with Crippen LogP contribution in [0.5, 0.6) is 0 Å². The Labute approximate surface area is 359 Å². The van der Waals surface area contributed by atoms with Gasteiger partial charge >= 0.3 is 0 Å². The van der Waals surface area contributed by atoms with E-state index >= 15 is 0 Å². The Balaban J connectivity index is 1.25. The molecule has 8 aromatic rings. The number of para-hydroxylation sites is 3. The lowest BCUT2D eigenvalue weighted by atomic mass is 9.33. The first-order valence-corrected chi connectivity index (χ1v) is 24.1. The van der Waals surface area contributed by atoms with E-state index in [0.29, 0.717) is 0 Å². The highest BCUT2D eigenvalue weighted by Crippen LogP contribution is 2.55. The van der Waals surface area contributed by atoms with E-state index in [1.165, 1.54) is 97.7 Å². The Morgan fingerprint density at radius 1 is 0.517 bits per heavy atom. The van der Waals surface area contributed by atoms with Crippen LogP contribution in [0.15, 0.2) is 192 Å². The number of hydrogen-bond donors (Lipinski definition) is 0. The quantitative estimate of drug-likeness (QED) is 0.165. The summed E-state index contributed by atoms with van der Waals surface area (Å²) in [6, 6.07) is 69.8. The molecule has 2 nitrogen and oxygen atoms in total. The number of rotatable bonds is 3. The zero-order chi connectivity index (χ0) is 40.5. The van der Waals surface area contributed by atoms with Crippen LogP contribution in [0.3, 0.4) is 0 Å². The molecule has 0 saturated carbocycles. The molecular weight excluding hydrogens is 760 g/mol. The highest BCUT2D eigenvalue weighted by Gasteiger charge is 2.54. The maximum Gasteiger partial charge on any atom is 0.252 e. The summed E-state index contributed by atoms with van der Waals surface area (Å²) in [4.78, 5) is 8.02. The van der Waals surface area contributed by atoms with Gasteiger partial charge in [0.15, 0.2) is 8.07 Å². The third-order valence-electron chi connectivity index (χ3n) is 13.9. The number of fused-ring (bicyclic) bond motifs is 9. The number of benzene rings is 8. The van der Waals surface area contributed by atoms with Crippen LogP contribution in [0, 0.1) is 0 Å². The Hall–Kier alpha value is -6.01. The predicted octanol–water partition coefficient (Wildman–Crippen LogP) is 9.55. The summed E-state index contributed by atoms with van der Waals surface area (Å²) < 4.78 is 0. The van der Waals surface area contributed by atoms with Crippen molar-refractivity contribution in [2.24, 2.45) is 0 Å². The molecule has 0 unspecified atom stereocenters. The van der Waals surface area contributed by atoms with Crippen LogP contribution in [0.25, 0.3) is 0 Å². The van der Waals surface area contributed by atoms with E-state index in [2.05, 4.69) is 226 Å². The second-order valence-corrected chi connectivity index (χ2v) is 23.2. The first-order valence-electron chi connectivity index (χ1n) is 21.3. The van der Waals surface area contributed by atoms with Gasteiger partial charge in [-0.1, -0.05) is 192 Å². The minimum atomic E-state index is -2.84. The lowest BCUT2D eigenvalue weighted by Gasteiger charge is -2.51. The summed E-state index contributed by atoms with van der Waals surface area (Å²) in [7, 11) is -2.84. The minimum absolute atomic E-state index is 0.0277. The lowest BCUT2D eigenvalue weighted by Crippen LogP contribution is -2.79. The van der Waals surface area contributed by atoms with Crippen LogP contribution >= 0.6 is 11.8 Å². The van der Waals surface area contributed by atoms with Gasteiger partial charge in [-0.3, -0.25) is 0 Å². The molecule has 0 spiro atoms. The molecule has 0 atom stereocenters. The smallest absolute Gasteiger partial charge is 0.252 e. The molecule has 288 valence electrons. The molecule has 8 aromatic carbocycles. The van der Waals surface area contributed by atoms with Gasteiger partial charge in [0.2, 0.25) is 0 Å². The fourth-order valence-corrected chi connectivity index (χ4v) is 17.8. The molecule has 0 aromatic heterocycles. The largest absolute Gasteiger partial charge is 0.312 e. The van der Waals surface area contributed by atoms with E-state index < -0.39 is 8.07 Å². The molecule has 12 rings (SSSR count). The van der Waals surface area contributed by atoms with E-state index in [1.807, 2.05) is 11.8 Å². The lowest BCUT2D eigenvalue weighted by molar-refractivity contribution is 0.590. The molecule has 0 aliphatic carbocycles. The summed E-state index contributed by atoms with van der Waals surface area (Å²) in [5.74, 6) is 0. The molecule has 0 saturated heterocycles. The molecule has 5 heteroatoms. The van der Waals surface area contributed by atoms with Crippen molar-refractivity contribution >= 4 is 97.8 Å². The first-order chi connectivity index (χ1) is 29.2. The monoisotopic (exact) mass is 804 g/mol. The maximum atomic E-state index is 2.68. The van der Waals surface area contributed by atoms with Crippen LogP contribution in [-0.4, -0.2) is 14.8 Å². The maximum absolute atomic E-state index is 2.84. The summed E-state index contributed by atoms with van der Waals surface area (Å²) >= 11 is 1.96. The van der Waals surface area contributed by atoms with Gasteiger partial charge in [-0.05, 0) is 95.6 Å². The second kappa shape index (κ2) is 12.8. The third-order valence-corrected chi connectivity index (χ3v) is 19.9. The van der Waals surface area contributed by atoms with E-state index in [9.17, 15) is 0 Å². The fourth-order valence-electron chi connectivity index (χ4n) is 11.2. The highest BCUT2D eigenvalue weighted by atomic mass is 32.2. The Morgan fingerprint density at radius 2 is 1.10 bits per heavy atom. The van der Waals surface area contributed by atoms with Crippen LogP contribution < -0.4 is 46.9 Å². The number of nitrogens with zero attached hydrogens (tertiary/aromatic N) is 2. The minimum Gasteiger partial charge on any atom is -0.312 e. The molecule has 0 bridgehead atoms. The Kier molecular flexibility index (Phi) is 7.63. The van der Waals surface area contributed by atoms with E-state index in [1.54, 1.807) is 0 Å². The normalized spacial score (nSPS) is 15.8. The molecule has 60 heavy (non-hydrogen) atoms. The van der Waals surface area contributed by atoms with Gasteiger partial charge in [-0.15, -0.1) is 0 Å². The topological polar surface area (TPSA) is 6.48 Å². The van der Waals surface area contributed by atoms with Crippen molar-refractivity contribution < 1.29 is 0 Å². The molecule has 0 amide bonds. The molecule has 4 aliphatic rings. The van der Waals surface area contributed by atoms with Gasteiger partial charge in [0, 0.05) is 43.6 Å². The van der Waals surface area contributed by atoms with E-state index in [4.69, 9.17) is 0 Å². The summed E-state index contributed by atoms with van der Waals surface area (Å²) in [5.41, 5.74) is 15.7. The Morgan fingerprint density at radius 3 is 1.80 bits per heavy atom. The average Bonchev–Trinajstić information content (AvgIpc) is 3.27. The van der Waals surface area contributed by atoms with Gasteiger partial charge in [0.25, 0.3) is 6.71 Å². The van der Waals surface area contributed by atoms with Crippen molar-refractivity contribution in [3.05, 3.63) is 199 Å². The SMILES string of the molecule is CC(C)(C)c1cc2c3c(c1)N1c4ccccc4[Si](c4ccccc4)(c4ccccc4)c4cccc(c41)B3c1ccc3c(c1N2c1ccccc1)Sc1ccccc1C3(C)C. The van der Waals surface area contributed by atoms with Crippen molar-refractivity contribution in [2.75, 3.05) is 9.80 Å². The van der Waals surface area contributed by atoms with Crippen LogP contribution in [0.1, 0.15) is 51.3 Å². The van der Waals surface area contributed by atoms with Crippen molar-refractivity contribution in [2.45, 2.75) is 55.2 Å². The van der Waals surface area contributed by atoms with Crippen molar-refractivity contribution in [1.82, 2.24) is 0 Å². The zero-order valence-electron chi connectivity index (χ0n) is 34.7. The second-order valence-electron chi connectivity index (χ2n) is 18.5. The summed E-state index contributed by atoms with van der Waals surface area (Å²) in [6.45, 7) is 12.0. The van der Waals surface area contributed by atoms with Crippen LogP contribution in [0.4, 0.5) is 34.1 Å². The summed E-state index contributed by atoms with van der Waals surface area (Å²) in [6.07, 6.45) is 0. The third kappa shape index (κ3) is 4.73. The van der Waals surface area contributed by atoms with Gasteiger partial charge in [0.1, 0.15) is 0 Å². The molecular formula is C55H45BN2SSi. The summed E-state index contributed by atoms with van der Waals surface area (Å²) in [5, 5.41) is 5.72. The van der Waals surface area contributed by atoms with Crippen LogP contribution in [-0.2, 0) is 10.8 Å².